The molecule has 0 atom stereocenters. The number of fused-ring (bicyclic) bond motifs is 1. The second-order valence-corrected chi connectivity index (χ2v) is 7.31. The van der Waals surface area contributed by atoms with Gasteiger partial charge in [0.1, 0.15) is 17.0 Å². The molecule has 3 aromatic heterocycles. The van der Waals surface area contributed by atoms with E-state index in [0.29, 0.717) is 5.13 Å². The standard InChI is InChI=1S/C14H16N6S2/c15-14-16-7-10(22-14)8-19-2-4-20(5-3-19)12-11-1-6-21-13(11)18-9-17-12/h1,6-7,9H,2-5,8H2,(H2,15,16). The maximum absolute atomic E-state index is 5.69. The molecule has 4 heterocycles. The van der Waals surface area contributed by atoms with E-state index in [1.54, 1.807) is 29.0 Å². The van der Waals surface area contributed by atoms with Gasteiger partial charge in [-0.3, -0.25) is 4.90 Å². The number of anilines is 2. The van der Waals surface area contributed by atoms with Crippen molar-refractivity contribution in [2.24, 2.45) is 0 Å². The summed E-state index contributed by atoms with van der Waals surface area (Å²) in [6.45, 7) is 4.94. The Bertz CT molecular complexity index is 774. The first-order chi connectivity index (χ1) is 10.8. The zero-order valence-corrected chi connectivity index (χ0v) is 13.6. The van der Waals surface area contributed by atoms with Gasteiger partial charge in [-0.05, 0) is 11.4 Å². The van der Waals surface area contributed by atoms with Crippen LogP contribution in [-0.4, -0.2) is 46.0 Å². The second-order valence-electron chi connectivity index (χ2n) is 5.26. The minimum Gasteiger partial charge on any atom is -0.375 e. The molecule has 1 aliphatic heterocycles. The molecule has 0 bridgehead atoms. The first kappa shape index (κ1) is 13.9. The summed E-state index contributed by atoms with van der Waals surface area (Å²) in [5.41, 5.74) is 5.69. The van der Waals surface area contributed by atoms with Crippen molar-refractivity contribution in [3.05, 3.63) is 28.8 Å². The maximum atomic E-state index is 5.69. The van der Waals surface area contributed by atoms with Crippen LogP contribution in [0.25, 0.3) is 10.2 Å². The lowest BCUT2D eigenvalue weighted by Gasteiger charge is -2.35. The molecule has 1 fully saturated rings. The molecular formula is C14H16N6S2. The lowest BCUT2D eigenvalue weighted by atomic mass is 10.2. The highest BCUT2D eigenvalue weighted by Crippen LogP contribution is 2.27. The molecule has 6 nitrogen and oxygen atoms in total. The van der Waals surface area contributed by atoms with E-state index in [-0.39, 0.29) is 0 Å². The fourth-order valence-electron chi connectivity index (χ4n) is 2.76. The third-order valence-electron chi connectivity index (χ3n) is 3.86. The number of aromatic nitrogens is 3. The Balaban J connectivity index is 1.44. The molecule has 8 heteroatoms. The summed E-state index contributed by atoms with van der Waals surface area (Å²) in [6, 6.07) is 2.11. The van der Waals surface area contributed by atoms with Crippen LogP contribution in [-0.2, 0) is 6.54 Å². The Labute approximate surface area is 136 Å². The van der Waals surface area contributed by atoms with E-state index in [0.717, 1.165) is 48.8 Å². The highest BCUT2D eigenvalue weighted by Gasteiger charge is 2.20. The molecule has 0 aromatic carbocycles. The number of thiazole rings is 1. The van der Waals surface area contributed by atoms with Crippen molar-refractivity contribution in [2.45, 2.75) is 6.54 Å². The number of piperazine rings is 1. The largest absolute Gasteiger partial charge is 0.375 e. The molecule has 3 aromatic rings. The highest BCUT2D eigenvalue weighted by molar-refractivity contribution is 7.16. The predicted molar refractivity (Wildman–Crippen MR) is 91.4 cm³/mol. The van der Waals surface area contributed by atoms with Crippen LogP contribution in [0.15, 0.2) is 24.0 Å². The molecule has 1 aliphatic rings. The Morgan fingerprint density at radius 1 is 1.14 bits per heavy atom. The van der Waals surface area contributed by atoms with Crippen molar-refractivity contribution in [1.82, 2.24) is 19.9 Å². The van der Waals surface area contributed by atoms with Crippen LogP contribution in [0.5, 0.6) is 0 Å². The Kier molecular flexibility index (Phi) is 3.65. The van der Waals surface area contributed by atoms with Crippen LogP contribution in [0.4, 0.5) is 10.9 Å². The molecule has 4 rings (SSSR count). The van der Waals surface area contributed by atoms with Gasteiger partial charge >= 0.3 is 0 Å². The summed E-state index contributed by atoms with van der Waals surface area (Å²) in [7, 11) is 0. The third-order valence-corrected chi connectivity index (χ3v) is 5.50. The molecule has 114 valence electrons. The van der Waals surface area contributed by atoms with Gasteiger partial charge in [-0.1, -0.05) is 0 Å². The van der Waals surface area contributed by atoms with Crippen LogP contribution < -0.4 is 10.6 Å². The van der Waals surface area contributed by atoms with E-state index in [4.69, 9.17) is 5.73 Å². The molecule has 1 saturated heterocycles. The molecule has 0 aliphatic carbocycles. The molecule has 0 saturated carbocycles. The zero-order valence-electron chi connectivity index (χ0n) is 12.0. The average Bonchev–Trinajstić information content (AvgIpc) is 3.16. The van der Waals surface area contributed by atoms with Gasteiger partial charge in [-0.2, -0.15) is 0 Å². The first-order valence-electron chi connectivity index (χ1n) is 7.15. The van der Waals surface area contributed by atoms with Crippen molar-refractivity contribution >= 4 is 43.8 Å². The zero-order chi connectivity index (χ0) is 14.9. The van der Waals surface area contributed by atoms with Crippen molar-refractivity contribution in [2.75, 3.05) is 36.8 Å². The lowest BCUT2D eigenvalue weighted by molar-refractivity contribution is 0.251. The number of rotatable bonds is 3. The van der Waals surface area contributed by atoms with Crippen molar-refractivity contribution in [3.63, 3.8) is 0 Å². The summed E-state index contributed by atoms with van der Waals surface area (Å²) in [5, 5.41) is 3.89. The number of hydrogen-bond donors (Lipinski definition) is 1. The number of hydrogen-bond acceptors (Lipinski definition) is 8. The summed E-state index contributed by atoms with van der Waals surface area (Å²) < 4.78 is 0. The van der Waals surface area contributed by atoms with Crippen molar-refractivity contribution in [1.29, 1.82) is 0 Å². The maximum Gasteiger partial charge on any atom is 0.180 e. The Hall–Kier alpha value is -1.77. The fraction of sp³-hybridized carbons (Fsp3) is 0.357. The van der Waals surface area contributed by atoms with Crippen molar-refractivity contribution < 1.29 is 0 Å². The summed E-state index contributed by atoms with van der Waals surface area (Å²) >= 11 is 3.24. The van der Waals surface area contributed by atoms with Gasteiger partial charge in [-0.25, -0.2) is 15.0 Å². The molecule has 0 radical (unpaired) electrons. The van der Waals surface area contributed by atoms with Crippen LogP contribution in [0.3, 0.4) is 0 Å². The third kappa shape index (κ3) is 2.65. The molecule has 2 N–H and O–H groups in total. The molecular weight excluding hydrogens is 316 g/mol. The topological polar surface area (TPSA) is 71.2 Å². The van der Waals surface area contributed by atoms with Gasteiger partial charge in [0.25, 0.3) is 0 Å². The average molecular weight is 332 g/mol. The normalized spacial score (nSPS) is 16.5. The van der Waals surface area contributed by atoms with E-state index in [2.05, 4.69) is 36.2 Å². The minimum absolute atomic E-state index is 0.648. The van der Waals surface area contributed by atoms with Crippen LogP contribution in [0, 0.1) is 0 Å². The van der Waals surface area contributed by atoms with E-state index in [1.165, 1.54) is 4.88 Å². The van der Waals surface area contributed by atoms with Crippen molar-refractivity contribution in [3.8, 4) is 0 Å². The van der Waals surface area contributed by atoms with E-state index in [1.807, 2.05) is 6.20 Å². The van der Waals surface area contributed by atoms with Gasteiger partial charge in [0.2, 0.25) is 0 Å². The number of nitrogens with two attached hydrogens (primary N) is 1. The summed E-state index contributed by atoms with van der Waals surface area (Å²) in [6.07, 6.45) is 3.55. The second kappa shape index (κ2) is 5.79. The number of nitrogens with zero attached hydrogens (tertiary/aromatic N) is 5. The highest BCUT2D eigenvalue weighted by atomic mass is 32.1. The van der Waals surface area contributed by atoms with Crippen LogP contribution in [0.1, 0.15) is 4.88 Å². The number of nitrogen functional groups attached to an aromatic ring is 1. The molecule has 22 heavy (non-hydrogen) atoms. The van der Waals surface area contributed by atoms with E-state index < -0.39 is 0 Å². The summed E-state index contributed by atoms with van der Waals surface area (Å²) in [4.78, 5) is 20.0. The van der Waals surface area contributed by atoms with Gasteiger partial charge < -0.3 is 10.6 Å². The van der Waals surface area contributed by atoms with E-state index >= 15 is 0 Å². The predicted octanol–water partition coefficient (Wildman–Crippen LogP) is 2.05. The number of thiophene rings is 1. The Morgan fingerprint density at radius 2 is 2.00 bits per heavy atom. The molecule has 0 amide bonds. The molecule has 0 unspecified atom stereocenters. The monoisotopic (exact) mass is 332 g/mol. The molecule has 0 spiro atoms. The van der Waals surface area contributed by atoms with Crippen LogP contribution in [0.2, 0.25) is 0 Å². The summed E-state index contributed by atoms with van der Waals surface area (Å²) in [5.74, 6) is 1.06. The van der Waals surface area contributed by atoms with Gasteiger partial charge in [0.05, 0.1) is 5.39 Å². The minimum atomic E-state index is 0.648. The lowest BCUT2D eigenvalue weighted by Crippen LogP contribution is -2.46. The SMILES string of the molecule is Nc1ncc(CN2CCN(c3ncnc4sccc34)CC2)s1. The van der Waals surface area contributed by atoms with Gasteiger partial charge in [0.15, 0.2) is 5.13 Å². The van der Waals surface area contributed by atoms with Crippen LogP contribution >= 0.6 is 22.7 Å². The Morgan fingerprint density at radius 3 is 2.77 bits per heavy atom. The van der Waals surface area contributed by atoms with Gasteiger partial charge in [0, 0.05) is 43.8 Å². The van der Waals surface area contributed by atoms with E-state index in [9.17, 15) is 0 Å². The van der Waals surface area contributed by atoms with Gasteiger partial charge in [-0.15, -0.1) is 22.7 Å². The fourth-order valence-corrected chi connectivity index (χ4v) is 4.22. The first-order valence-corrected chi connectivity index (χ1v) is 8.85. The smallest absolute Gasteiger partial charge is 0.180 e. The quantitative estimate of drug-likeness (QED) is 0.791.